The minimum absolute atomic E-state index is 0.105. The van der Waals surface area contributed by atoms with E-state index in [1.165, 1.54) is 5.56 Å². The van der Waals surface area contributed by atoms with Gasteiger partial charge in [-0.05, 0) is 37.0 Å². The molecule has 4 nitrogen and oxygen atoms in total. The Kier molecular flexibility index (Phi) is 6.62. The average Bonchev–Trinajstić information content (AvgIpc) is 3.25. The van der Waals surface area contributed by atoms with Gasteiger partial charge in [0, 0.05) is 41.0 Å². The number of halogens is 1. The Bertz CT molecular complexity index is 934. The minimum atomic E-state index is 0.105. The highest BCUT2D eigenvalue weighted by atomic mass is 79.9. The van der Waals surface area contributed by atoms with Crippen molar-refractivity contribution in [3.05, 3.63) is 70.0 Å². The van der Waals surface area contributed by atoms with Gasteiger partial charge in [-0.15, -0.1) is 11.3 Å². The summed E-state index contributed by atoms with van der Waals surface area (Å²) >= 11 is 5.15. The Labute approximate surface area is 184 Å². The fraction of sp³-hybridized carbons (Fsp3) is 0.304. The molecular weight excluding hydrogens is 446 g/mol. The van der Waals surface area contributed by atoms with Gasteiger partial charge in [0.1, 0.15) is 0 Å². The molecule has 1 N–H and O–H groups in total. The van der Waals surface area contributed by atoms with E-state index in [0.717, 1.165) is 53.2 Å². The van der Waals surface area contributed by atoms with Gasteiger partial charge in [0.2, 0.25) is 5.91 Å². The van der Waals surface area contributed by atoms with Crippen LogP contribution in [0.1, 0.15) is 18.4 Å². The van der Waals surface area contributed by atoms with Crippen LogP contribution in [-0.2, 0) is 11.2 Å². The highest BCUT2D eigenvalue weighted by molar-refractivity contribution is 9.10. The van der Waals surface area contributed by atoms with Gasteiger partial charge in [-0.3, -0.25) is 4.79 Å². The smallest absolute Gasteiger partial charge is 0.223 e. The maximum atomic E-state index is 12.5. The van der Waals surface area contributed by atoms with Crippen molar-refractivity contribution in [2.45, 2.75) is 19.3 Å². The number of piperidine rings is 1. The van der Waals surface area contributed by atoms with E-state index >= 15 is 0 Å². The molecule has 1 amide bonds. The monoisotopic (exact) mass is 469 g/mol. The number of rotatable bonds is 6. The highest BCUT2D eigenvalue weighted by Gasteiger charge is 2.26. The highest BCUT2D eigenvalue weighted by Crippen LogP contribution is 2.30. The third-order valence-corrected chi connectivity index (χ3v) is 6.75. The van der Waals surface area contributed by atoms with Crippen molar-refractivity contribution in [2.24, 2.45) is 5.92 Å². The summed E-state index contributed by atoms with van der Waals surface area (Å²) in [5.74, 6) is 0.295. The Morgan fingerprint density at radius 3 is 2.55 bits per heavy atom. The lowest BCUT2D eigenvalue weighted by molar-refractivity contribution is -0.125. The SMILES string of the molecule is O=C(NCCc1ccccc1)C1CCN(c2nc(-c3ccc(Br)cc3)cs2)CC1. The molecule has 0 bridgehead atoms. The summed E-state index contributed by atoms with van der Waals surface area (Å²) in [4.78, 5) is 19.6. The molecule has 4 rings (SSSR count). The second-order valence-corrected chi connectivity index (χ2v) is 9.06. The van der Waals surface area contributed by atoms with Crippen LogP contribution in [0.5, 0.6) is 0 Å². The van der Waals surface area contributed by atoms with Crippen molar-refractivity contribution in [3.63, 3.8) is 0 Å². The third kappa shape index (κ3) is 5.25. The molecule has 3 aromatic rings. The van der Waals surface area contributed by atoms with E-state index in [9.17, 15) is 4.79 Å². The van der Waals surface area contributed by atoms with Crippen LogP contribution < -0.4 is 10.2 Å². The molecule has 2 heterocycles. The number of hydrogen-bond donors (Lipinski definition) is 1. The molecule has 1 fully saturated rings. The fourth-order valence-electron chi connectivity index (χ4n) is 3.61. The number of carbonyl (C=O) groups is 1. The van der Waals surface area contributed by atoms with Crippen molar-refractivity contribution in [3.8, 4) is 11.3 Å². The number of thiazole rings is 1. The van der Waals surface area contributed by atoms with Gasteiger partial charge < -0.3 is 10.2 Å². The lowest BCUT2D eigenvalue weighted by atomic mass is 9.96. The maximum absolute atomic E-state index is 12.5. The van der Waals surface area contributed by atoms with Gasteiger partial charge in [-0.1, -0.05) is 58.4 Å². The third-order valence-electron chi connectivity index (χ3n) is 5.32. The van der Waals surface area contributed by atoms with E-state index in [-0.39, 0.29) is 11.8 Å². The van der Waals surface area contributed by atoms with Crippen LogP contribution in [0.4, 0.5) is 5.13 Å². The summed E-state index contributed by atoms with van der Waals surface area (Å²) in [6.45, 7) is 2.46. The number of nitrogens with zero attached hydrogens (tertiary/aromatic N) is 2. The molecule has 0 saturated carbocycles. The van der Waals surface area contributed by atoms with Crippen molar-refractivity contribution in [1.29, 1.82) is 0 Å². The van der Waals surface area contributed by atoms with Gasteiger partial charge in [0.25, 0.3) is 0 Å². The average molecular weight is 470 g/mol. The molecule has 0 aliphatic carbocycles. The Morgan fingerprint density at radius 1 is 1.10 bits per heavy atom. The molecule has 1 aromatic heterocycles. The van der Waals surface area contributed by atoms with Crippen molar-refractivity contribution in [2.75, 3.05) is 24.5 Å². The summed E-state index contributed by atoms with van der Waals surface area (Å²) in [5.41, 5.74) is 3.40. The van der Waals surface area contributed by atoms with Crippen LogP contribution in [-0.4, -0.2) is 30.5 Å². The number of anilines is 1. The molecule has 1 aliphatic rings. The molecule has 0 unspecified atom stereocenters. The van der Waals surface area contributed by atoms with Crippen LogP contribution in [0.3, 0.4) is 0 Å². The number of aromatic nitrogens is 1. The summed E-state index contributed by atoms with van der Waals surface area (Å²) < 4.78 is 1.07. The van der Waals surface area contributed by atoms with Gasteiger partial charge in [-0.2, -0.15) is 0 Å². The molecule has 1 aliphatic heterocycles. The number of benzene rings is 2. The van der Waals surface area contributed by atoms with Crippen molar-refractivity contribution in [1.82, 2.24) is 10.3 Å². The van der Waals surface area contributed by atoms with Crippen molar-refractivity contribution >= 4 is 38.3 Å². The molecule has 0 radical (unpaired) electrons. The summed E-state index contributed by atoms with van der Waals surface area (Å²) in [7, 11) is 0. The van der Waals surface area contributed by atoms with E-state index in [0.29, 0.717) is 6.54 Å². The number of hydrogen-bond acceptors (Lipinski definition) is 4. The summed E-state index contributed by atoms with van der Waals surface area (Å²) in [6.07, 6.45) is 2.64. The van der Waals surface area contributed by atoms with E-state index in [4.69, 9.17) is 4.98 Å². The fourth-order valence-corrected chi connectivity index (χ4v) is 4.77. The molecule has 150 valence electrons. The first kappa shape index (κ1) is 20.1. The Hall–Kier alpha value is -2.18. The first-order valence-corrected chi connectivity index (χ1v) is 11.6. The lowest BCUT2D eigenvalue weighted by Gasteiger charge is -2.31. The summed E-state index contributed by atoms with van der Waals surface area (Å²) in [6, 6.07) is 18.5. The standard InChI is InChI=1S/C23H24BrN3OS/c24-20-8-6-18(7-9-20)21-16-29-23(26-21)27-14-11-19(12-15-27)22(28)25-13-10-17-4-2-1-3-5-17/h1-9,16,19H,10-15H2,(H,25,28). The number of carbonyl (C=O) groups excluding carboxylic acids is 1. The Balaban J connectivity index is 1.26. The molecule has 0 atom stereocenters. The quantitative estimate of drug-likeness (QED) is 0.542. The zero-order valence-corrected chi connectivity index (χ0v) is 18.6. The largest absolute Gasteiger partial charge is 0.356 e. The molecule has 1 saturated heterocycles. The van der Waals surface area contributed by atoms with Gasteiger partial charge in [0.15, 0.2) is 5.13 Å². The van der Waals surface area contributed by atoms with Crippen LogP contribution in [0.25, 0.3) is 11.3 Å². The number of nitrogens with one attached hydrogen (secondary N) is 1. The van der Waals surface area contributed by atoms with E-state index in [1.807, 2.05) is 30.3 Å². The van der Waals surface area contributed by atoms with Crippen LogP contribution >= 0.6 is 27.3 Å². The van der Waals surface area contributed by atoms with Crippen LogP contribution in [0.2, 0.25) is 0 Å². The van der Waals surface area contributed by atoms with E-state index in [2.05, 4.69) is 55.8 Å². The van der Waals surface area contributed by atoms with Gasteiger partial charge in [-0.25, -0.2) is 4.98 Å². The Morgan fingerprint density at radius 2 is 1.83 bits per heavy atom. The second-order valence-electron chi connectivity index (χ2n) is 7.31. The van der Waals surface area contributed by atoms with Crippen LogP contribution in [0.15, 0.2) is 64.5 Å². The first-order valence-electron chi connectivity index (χ1n) is 9.97. The molecular formula is C23H24BrN3OS. The predicted octanol–water partition coefficient (Wildman–Crippen LogP) is 5.15. The minimum Gasteiger partial charge on any atom is -0.356 e. The molecule has 29 heavy (non-hydrogen) atoms. The maximum Gasteiger partial charge on any atom is 0.223 e. The zero-order valence-electron chi connectivity index (χ0n) is 16.2. The topological polar surface area (TPSA) is 45.2 Å². The first-order chi connectivity index (χ1) is 14.2. The van der Waals surface area contributed by atoms with E-state index in [1.54, 1.807) is 11.3 Å². The molecule has 0 spiro atoms. The molecule has 2 aromatic carbocycles. The number of amides is 1. The second kappa shape index (κ2) is 9.55. The van der Waals surface area contributed by atoms with E-state index < -0.39 is 0 Å². The summed E-state index contributed by atoms with van der Waals surface area (Å²) in [5, 5.41) is 6.27. The zero-order chi connectivity index (χ0) is 20.1. The van der Waals surface area contributed by atoms with Gasteiger partial charge in [0.05, 0.1) is 5.69 Å². The normalized spacial score (nSPS) is 14.7. The molecule has 6 heteroatoms. The van der Waals surface area contributed by atoms with Crippen molar-refractivity contribution < 1.29 is 4.79 Å². The van der Waals surface area contributed by atoms with Crippen LogP contribution in [0, 0.1) is 5.92 Å². The lowest BCUT2D eigenvalue weighted by Crippen LogP contribution is -2.41. The predicted molar refractivity (Wildman–Crippen MR) is 123 cm³/mol. The van der Waals surface area contributed by atoms with Gasteiger partial charge >= 0.3 is 0 Å².